The molecule has 0 aromatic heterocycles. The molecule has 0 bridgehead atoms. The first kappa shape index (κ1) is 21.0. The summed E-state index contributed by atoms with van der Waals surface area (Å²) in [5.74, 6) is -0.603. The third-order valence-corrected chi connectivity index (χ3v) is 5.46. The molecule has 158 valence electrons. The van der Waals surface area contributed by atoms with Crippen LogP contribution in [0.15, 0.2) is 24.3 Å². The van der Waals surface area contributed by atoms with Gasteiger partial charge >= 0.3 is 6.03 Å². The molecule has 0 radical (unpaired) electrons. The van der Waals surface area contributed by atoms with E-state index < -0.39 is 0 Å². The summed E-state index contributed by atoms with van der Waals surface area (Å²) in [6, 6.07) is 8.07. The van der Waals surface area contributed by atoms with Crippen LogP contribution in [-0.2, 0) is 16.0 Å². The molecule has 3 rings (SSSR count). The SMILES string of the molecule is O=C(CCNC(=O)NC1CCCCC1)NNC(=O)CN1CCCc2ccccc21. The molecule has 2 aliphatic rings. The second-order valence-corrected chi connectivity index (χ2v) is 7.74. The maximum absolute atomic E-state index is 12.2. The second-order valence-electron chi connectivity index (χ2n) is 7.74. The average Bonchev–Trinajstić information content (AvgIpc) is 2.73. The largest absolute Gasteiger partial charge is 0.362 e. The van der Waals surface area contributed by atoms with E-state index in [2.05, 4.69) is 27.6 Å². The van der Waals surface area contributed by atoms with Crippen molar-refractivity contribution in [3.63, 3.8) is 0 Å². The van der Waals surface area contributed by atoms with Gasteiger partial charge in [-0.2, -0.15) is 0 Å². The van der Waals surface area contributed by atoms with Crippen molar-refractivity contribution in [1.82, 2.24) is 21.5 Å². The Hall–Kier alpha value is -2.77. The van der Waals surface area contributed by atoms with Gasteiger partial charge in [-0.25, -0.2) is 4.79 Å². The lowest BCUT2D eigenvalue weighted by Gasteiger charge is -2.30. The van der Waals surface area contributed by atoms with E-state index in [9.17, 15) is 14.4 Å². The van der Waals surface area contributed by atoms with Crippen molar-refractivity contribution in [3.05, 3.63) is 29.8 Å². The zero-order chi connectivity index (χ0) is 20.5. The van der Waals surface area contributed by atoms with Gasteiger partial charge in [0, 0.05) is 31.2 Å². The van der Waals surface area contributed by atoms with Gasteiger partial charge in [0.25, 0.3) is 5.91 Å². The fourth-order valence-electron chi connectivity index (χ4n) is 3.96. The Balaban J connectivity index is 1.30. The topological polar surface area (TPSA) is 103 Å². The molecule has 1 saturated carbocycles. The number of nitrogens with zero attached hydrogens (tertiary/aromatic N) is 1. The summed E-state index contributed by atoms with van der Waals surface area (Å²) in [4.78, 5) is 38.0. The minimum absolute atomic E-state index is 0.102. The van der Waals surface area contributed by atoms with Crippen molar-refractivity contribution in [2.24, 2.45) is 0 Å². The molecule has 8 heteroatoms. The van der Waals surface area contributed by atoms with E-state index in [4.69, 9.17) is 0 Å². The molecular weight excluding hydrogens is 370 g/mol. The van der Waals surface area contributed by atoms with E-state index >= 15 is 0 Å². The van der Waals surface area contributed by atoms with Crippen molar-refractivity contribution in [2.45, 2.75) is 57.4 Å². The van der Waals surface area contributed by atoms with Crippen LogP contribution >= 0.6 is 0 Å². The molecule has 29 heavy (non-hydrogen) atoms. The van der Waals surface area contributed by atoms with Gasteiger partial charge in [0.15, 0.2) is 0 Å². The molecule has 1 aromatic rings. The molecule has 0 unspecified atom stereocenters. The van der Waals surface area contributed by atoms with Crippen LogP contribution in [-0.4, -0.2) is 43.5 Å². The normalized spacial score (nSPS) is 16.5. The first-order valence-corrected chi connectivity index (χ1v) is 10.6. The summed E-state index contributed by atoms with van der Waals surface area (Å²) in [7, 11) is 0. The van der Waals surface area contributed by atoms with E-state index in [1.165, 1.54) is 12.0 Å². The number of carbonyl (C=O) groups is 3. The van der Waals surface area contributed by atoms with E-state index in [1.807, 2.05) is 23.1 Å². The smallest absolute Gasteiger partial charge is 0.315 e. The minimum Gasteiger partial charge on any atom is -0.362 e. The van der Waals surface area contributed by atoms with Gasteiger partial charge in [0.05, 0.1) is 6.54 Å². The van der Waals surface area contributed by atoms with Crippen LogP contribution in [0.25, 0.3) is 0 Å². The molecule has 0 saturated heterocycles. The van der Waals surface area contributed by atoms with E-state index in [-0.39, 0.29) is 43.4 Å². The monoisotopic (exact) mass is 401 g/mol. The average molecular weight is 402 g/mol. The summed E-state index contributed by atoms with van der Waals surface area (Å²) < 4.78 is 0. The van der Waals surface area contributed by atoms with E-state index in [0.29, 0.717) is 0 Å². The third kappa shape index (κ3) is 6.66. The molecule has 4 amide bonds. The minimum atomic E-state index is -0.338. The first-order valence-electron chi connectivity index (χ1n) is 10.6. The molecule has 0 spiro atoms. The van der Waals surface area contributed by atoms with Crippen molar-refractivity contribution >= 4 is 23.5 Å². The van der Waals surface area contributed by atoms with Gasteiger partial charge in [-0.1, -0.05) is 37.5 Å². The number of nitrogens with one attached hydrogen (secondary N) is 4. The van der Waals surface area contributed by atoms with Crippen molar-refractivity contribution in [1.29, 1.82) is 0 Å². The van der Waals surface area contributed by atoms with Crippen LogP contribution in [0.4, 0.5) is 10.5 Å². The van der Waals surface area contributed by atoms with Crippen LogP contribution in [0.2, 0.25) is 0 Å². The van der Waals surface area contributed by atoms with Gasteiger partial charge in [-0.3, -0.25) is 20.4 Å². The molecular formula is C21H31N5O3. The number of anilines is 1. The standard InChI is InChI=1S/C21H31N5O3/c27-19(12-13-22-21(29)23-17-9-2-1-3-10-17)24-25-20(28)15-26-14-6-8-16-7-4-5-11-18(16)26/h4-5,7,11,17H,1-3,6,8-10,12-15H2,(H,24,27)(H,25,28)(H2,22,23,29). The van der Waals surface area contributed by atoms with Crippen molar-refractivity contribution in [2.75, 3.05) is 24.5 Å². The lowest BCUT2D eigenvalue weighted by molar-refractivity contribution is -0.128. The highest BCUT2D eigenvalue weighted by molar-refractivity contribution is 5.85. The highest BCUT2D eigenvalue weighted by Crippen LogP contribution is 2.26. The van der Waals surface area contributed by atoms with Crippen molar-refractivity contribution < 1.29 is 14.4 Å². The maximum atomic E-state index is 12.2. The number of amides is 4. The fourth-order valence-corrected chi connectivity index (χ4v) is 3.96. The zero-order valence-electron chi connectivity index (χ0n) is 16.8. The number of aryl methyl sites for hydroxylation is 1. The van der Waals surface area contributed by atoms with E-state index in [0.717, 1.165) is 50.8 Å². The number of hydrazine groups is 1. The zero-order valence-corrected chi connectivity index (χ0v) is 16.8. The summed E-state index contributed by atoms with van der Waals surface area (Å²) in [5, 5.41) is 5.63. The Bertz CT molecular complexity index is 718. The number of urea groups is 1. The van der Waals surface area contributed by atoms with Gasteiger partial charge in [0.2, 0.25) is 5.91 Å². The van der Waals surface area contributed by atoms with Gasteiger partial charge < -0.3 is 15.5 Å². The molecule has 1 aromatic carbocycles. The van der Waals surface area contributed by atoms with Crippen LogP contribution in [0.1, 0.15) is 50.5 Å². The number of hydrogen-bond donors (Lipinski definition) is 4. The Morgan fingerprint density at radius 1 is 0.966 bits per heavy atom. The molecule has 4 N–H and O–H groups in total. The Labute approximate surface area is 171 Å². The Kier molecular flexibility index (Phi) is 7.72. The Morgan fingerprint density at radius 3 is 2.55 bits per heavy atom. The van der Waals surface area contributed by atoms with Crippen LogP contribution in [0, 0.1) is 0 Å². The predicted octanol–water partition coefficient (Wildman–Crippen LogP) is 1.61. The summed E-state index contributed by atoms with van der Waals surface area (Å²) in [6.07, 6.45) is 7.69. The van der Waals surface area contributed by atoms with Crippen LogP contribution < -0.4 is 26.4 Å². The lowest BCUT2D eigenvalue weighted by atomic mass is 9.96. The summed E-state index contributed by atoms with van der Waals surface area (Å²) in [6.45, 7) is 1.23. The summed E-state index contributed by atoms with van der Waals surface area (Å²) >= 11 is 0. The fraction of sp³-hybridized carbons (Fsp3) is 0.571. The maximum Gasteiger partial charge on any atom is 0.315 e. The van der Waals surface area contributed by atoms with Crippen LogP contribution in [0.5, 0.6) is 0 Å². The molecule has 0 atom stereocenters. The molecule has 1 aliphatic carbocycles. The van der Waals surface area contributed by atoms with Crippen LogP contribution in [0.3, 0.4) is 0 Å². The third-order valence-electron chi connectivity index (χ3n) is 5.46. The molecule has 8 nitrogen and oxygen atoms in total. The van der Waals surface area contributed by atoms with E-state index in [1.54, 1.807) is 0 Å². The number of fused-ring (bicyclic) bond motifs is 1. The van der Waals surface area contributed by atoms with Gasteiger partial charge in [-0.05, 0) is 37.3 Å². The highest BCUT2D eigenvalue weighted by atomic mass is 16.2. The number of hydrogen-bond acceptors (Lipinski definition) is 4. The lowest BCUT2D eigenvalue weighted by Crippen LogP contribution is -2.48. The number of carbonyl (C=O) groups excluding carboxylic acids is 3. The predicted molar refractivity (Wildman–Crippen MR) is 111 cm³/mol. The molecule has 1 heterocycles. The molecule has 1 fully saturated rings. The Morgan fingerprint density at radius 2 is 1.72 bits per heavy atom. The van der Waals surface area contributed by atoms with Crippen molar-refractivity contribution in [3.8, 4) is 0 Å². The highest BCUT2D eigenvalue weighted by Gasteiger charge is 2.19. The summed E-state index contributed by atoms with van der Waals surface area (Å²) in [5.41, 5.74) is 7.19. The quantitative estimate of drug-likeness (QED) is 0.544. The second kappa shape index (κ2) is 10.7. The van der Waals surface area contributed by atoms with Gasteiger partial charge in [0.1, 0.15) is 0 Å². The number of rotatable bonds is 6. The first-order chi connectivity index (χ1) is 14.1. The molecule has 1 aliphatic heterocycles. The number of benzene rings is 1. The number of para-hydroxylation sites is 1. The van der Waals surface area contributed by atoms with Gasteiger partial charge in [-0.15, -0.1) is 0 Å².